The molecule has 2 fully saturated rings. The molecule has 2 aromatic heterocycles. The smallest absolute Gasteiger partial charge is 0.320 e. The second-order valence-corrected chi connectivity index (χ2v) is 18.1. The molecule has 10 rings (SSSR count). The van der Waals surface area contributed by atoms with Crippen LogP contribution in [0.15, 0.2) is 140 Å². The van der Waals surface area contributed by atoms with Gasteiger partial charge in [-0.05, 0) is 92.8 Å². The quantitative estimate of drug-likeness (QED) is 0.113. The summed E-state index contributed by atoms with van der Waals surface area (Å²) in [5.41, 5.74) is 6.64. The minimum atomic E-state index is -0.920. The maximum atomic E-state index is 17.0. The van der Waals surface area contributed by atoms with E-state index in [9.17, 15) is 0 Å². The first-order valence-electron chi connectivity index (χ1n) is 22.5. The highest BCUT2D eigenvalue weighted by Crippen LogP contribution is 2.54. The molecule has 324 valence electrons. The molecule has 2 aliphatic rings. The molecule has 64 heavy (non-hydrogen) atoms. The molecule has 0 spiro atoms. The standard InChI is InChI=1S/C55H53FN4O4/c1-35-46(56)33-47-45(34-60(59-47)55(39-20-12-7-13-21-39,40-22-14-8-15-23-40)41-24-16-9-17-25-41)48(35)49-43(38-26-27-38)32-44-50(51(49)62-36(2)37-18-10-6-11-19-37)57-53(58-52(44)64-54(3,4)5)63-42-28-30-61-31-29-42/h6-25,32-34,36,38,42H,26-31H2,1-5H3/t36-/m0/s1. The third-order valence-electron chi connectivity index (χ3n) is 12.5. The van der Waals surface area contributed by atoms with Crippen molar-refractivity contribution in [3.63, 3.8) is 0 Å². The summed E-state index contributed by atoms with van der Waals surface area (Å²) in [6.07, 6.45) is 4.96. The van der Waals surface area contributed by atoms with Crippen molar-refractivity contribution >= 4 is 21.8 Å². The minimum Gasteiger partial charge on any atom is -0.483 e. The molecular formula is C55H53FN4O4. The van der Waals surface area contributed by atoms with Gasteiger partial charge in [0, 0.05) is 41.6 Å². The predicted octanol–water partition coefficient (Wildman–Crippen LogP) is 12.7. The topological polar surface area (TPSA) is 80.5 Å². The number of halogens is 1. The highest BCUT2D eigenvalue weighted by molar-refractivity contribution is 6.05. The van der Waals surface area contributed by atoms with Crippen LogP contribution in [0.4, 0.5) is 4.39 Å². The van der Waals surface area contributed by atoms with E-state index in [1.165, 1.54) is 0 Å². The predicted molar refractivity (Wildman–Crippen MR) is 250 cm³/mol. The number of fused-ring (bicyclic) bond motifs is 2. The molecule has 8 nitrogen and oxygen atoms in total. The summed E-state index contributed by atoms with van der Waals surface area (Å²) in [6.45, 7) is 11.1. The summed E-state index contributed by atoms with van der Waals surface area (Å²) >= 11 is 0. The van der Waals surface area contributed by atoms with Crippen LogP contribution in [0, 0.1) is 12.7 Å². The van der Waals surface area contributed by atoms with Gasteiger partial charge in [-0.15, -0.1) is 0 Å². The molecule has 1 saturated carbocycles. The second kappa shape index (κ2) is 16.8. The van der Waals surface area contributed by atoms with Crippen molar-refractivity contribution in [2.24, 2.45) is 0 Å². The summed E-state index contributed by atoms with van der Waals surface area (Å²) in [5.74, 6) is 0.776. The summed E-state index contributed by atoms with van der Waals surface area (Å²) in [7, 11) is 0. The Morgan fingerprint density at radius 1 is 0.719 bits per heavy atom. The number of ether oxygens (including phenoxy) is 4. The van der Waals surface area contributed by atoms with Gasteiger partial charge in [-0.2, -0.15) is 15.1 Å². The summed E-state index contributed by atoms with van der Waals surface area (Å²) in [4.78, 5) is 10.2. The molecule has 0 bridgehead atoms. The lowest BCUT2D eigenvalue weighted by atomic mass is 9.77. The third-order valence-corrected chi connectivity index (χ3v) is 12.5. The fraction of sp³-hybridized carbons (Fsp3) is 0.291. The lowest BCUT2D eigenvalue weighted by Gasteiger charge is -2.36. The Morgan fingerprint density at radius 2 is 1.30 bits per heavy atom. The van der Waals surface area contributed by atoms with E-state index in [-0.39, 0.29) is 23.8 Å². The van der Waals surface area contributed by atoms with E-state index in [1.54, 1.807) is 6.07 Å². The molecule has 1 aliphatic heterocycles. The summed E-state index contributed by atoms with van der Waals surface area (Å²) in [5, 5.41) is 6.90. The molecule has 0 radical (unpaired) electrons. The van der Waals surface area contributed by atoms with Crippen LogP contribution in [-0.4, -0.2) is 44.7 Å². The van der Waals surface area contributed by atoms with Crippen molar-refractivity contribution in [1.82, 2.24) is 19.7 Å². The molecule has 0 N–H and O–H groups in total. The van der Waals surface area contributed by atoms with Gasteiger partial charge in [0.1, 0.15) is 34.7 Å². The van der Waals surface area contributed by atoms with Crippen molar-refractivity contribution in [3.8, 4) is 28.8 Å². The number of rotatable bonds is 12. The average molecular weight is 853 g/mol. The van der Waals surface area contributed by atoms with Crippen LogP contribution in [0.1, 0.15) is 98.8 Å². The van der Waals surface area contributed by atoms with Crippen molar-refractivity contribution in [2.75, 3.05) is 13.2 Å². The highest BCUT2D eigenvalue weighted by atomic mass is 19.1. The summed E-state index contributed by atoms with van der Waals surface area (Å²) < 4.78 is 45.2. The fourth-order valence-electron chi connectivity index (χ4n) is 9.30. The van der Waals surface area contributed by atoms with E-state index in [1.807, 2.05) is 75.7 Å². The molecule has 0 amide bonds. The zero-order valence-electron chi connectivity index (χ0n) is 37.1. The van der Waals surface area contributed by atoms with Gasteiger partial charge in [0.2, 0.25) is 5.88 Å². The van der Waals surface area contributed by atoms with Crippen LogP contribution < -0.4 is 14.2 Å². The van der Waals surface area contributed by atoms with Crippen molar-refractivity contribution < 1.29 is 23.3 Å². The molecule has 1 aliphatic carbocycles. The van der Waals surface area contributed by atoms with Gasteiger partial charge in [0.25, 0.3) is 0 Å². The normalized spacial score (nSPS) is 15.3. The lowest BCUT2D eigenvalue weighted by Crippen LogP contribution is -2.38. The van der Waals surface area contributed by atoms with Crippen LogP contribution >= 0.6 is 0 Å². The van der Waals surface area contributed by atoms with E-state index >= 15 is 4.39 Å². The molecule has 1 saturated heterocycles. The van der Waals surface area contributed by atoms with Crippen LogP contribution in [0.3, 0.4) is 0 Å². The van der Waals surface area contributed by atoms with Crippen molar-refractivity contribution in [2.45, 2.75) is 89.6 Å². The number of hydrogen-bond acceptors (Lipinski definition) is 7. The first-order chi connectivity index (χ1) is 31.1. The Bertz CT molecular complexity index is 2830. The van der Waals surface area contributed by atoms with Gasteiger partial charge in [-0.25, -0.2) is 4.39 Å². The van der Waals surface area contributed by atoms with Gasteiger partial charge in [-0.1, -0.05) is 121 Å². The van der Waals surface area contributed by atoms with Crippen molar-refractivity contribution in [1.29, 1.82) is 0 Å². The number of nitrogens with zero attached hydrogens (tertiary/aromatic N) is 4. The molecule has 0 unspecified atom stereocenters. The Kier molecular flexibility index (Phi) is 10.9. The third kappa shape index (κ3) is 7.76. The van der Waals surface area contributed by atoms with Crippen LogP contribution in [0.2, 0.25) is 0 Å². The Morgan fingerprint density at radius 3 is 1.86 bits per heavy atom. The first-order valence-corrected chi connectivity index (χ1v) is 22.5. The molecule has 3 heterocycles. The largest absolute Gasteiger partial charge is 0.483 e. The van der Waals surface area contributed by atoms with Gasteiger partial charge in [0.15, 0.2) is 5.75 Å². The number of aromatic nitrogens is 4. The highest BCUT2D eigenvalue weighted by Gasteiger charge is 2.41. The van der Waals surface area contributed by atoms with Gasteiger partial charge < -0.3 is 18.9 Å². The second-order valence-electron chi connectivity index (χ2n) is 18.1. The SMILES string of the molecule is Cc1c(F)cc2nn(C(c3ccccc3)(c3ccccc3)c3ccccc3)cc2c1-c1c(C2CC2)cc2c(OC(C)(C)C)nc(OC3CCOCC3)nc2c1O[C@@H](C)c1ccccc1. The lowest BCUT2D eigenvalue weighted by molar-refractivity contribution is 0.0212. The monoisotopic (exact) mass is 852 g/mol. The molecule has 8 aromatic rings. The maximum Gasteiger partial charge on any atom is 0.320 e. The van der Waals surface area contributed by atoms with E-state index in [4.69, 9.17) is 34.0 Å². The average Bonchev–Trinajstić information content (AvgIpc) is 4.08. The maximum absolute atomic E-state index is 17.0. The van der Waals surface area contributed by atoms with Gasteiger partial charge in [-0.3, -0.25) is 4.68 Å². The molecule has 1 atom stereocenters. The van der Waals surface area contributed by atoms with E-state index < -0.39 is 17.2 Å². The van der Waals surface area contributed by atoms with Gasteiger partial charge >= 0.3 is 6.01 Å². The van der Waals surface area contributed by atoms with Crippen LogP contribution in [0.5, 0.6) is 17.6 Å². The zero-order chi connectivity index (χ0) is 44.0. The Hall–Kier alpha value is -6.58. The molecular weight excluding hydrogens is 800 g/mol. The van der Waals surface area contributed by atoms with Gasteiger partial charge in [0.05, 0.1) is 24.1 Å². The van der Waals surface area contributed by atoms with Crippen molar-refractivity contribution in [3.05, 3.63) is 179 Å². The zero-order valence-corrected chi connectivity index (χ0v) is 37.1. The number of hydrogen-bond donors (Lipinski definition) is 0. The van der Waals surface area contributed by atoms with E-state index in [0.717, 1.165) is 64.5 Å². The first kappa shape index (κ1) is 41.4. The molecule has 6 aromatic carbocycles. The molecule has 9 heteroatoms. The van der Waals surface area contributed by atoms with E-state index in [0.29, 0.717) is 52.4 Å². The minimum absolute atomic E-state index is 0.124. The van der Waals surface area contributed by atoms with E-state index in [2.05, 4.69) is 97.2 Å². The van der Waals surface area contributed by atoms with Crippen LogP contribution in [0.25, 0.3) is 32.9 Å². The fourth-order valence-corrected chi connectivity index (χ4v) is 9.30. The number of benzene rings is 6. The Labute approximate surface area is 374 Å². The Balaban J connectivity index is 1.30. The van der Waals surface area contributed by atoms with Crippen LogP contribution in [-0.2, 0) is 10.3 Å². The summed E-state index contributed by atoms with van der Waals surface area (Å²) in [6, 6.07) is 45.3.